The number of halogens is 2. The zero-order valence-electron chi connectivity index (χ0n) is 10.0. The summed E-state index contributed by atoms with van der Waals surface area (Å²) in [5.74, 6) is -1.77. The molecule has 0 radical (unpaired) electrons. The summed E-state index contributed by atoms with van der Waals surface area (Å²) < 4.78 is 31.5. The van der Waals surface area contributed by atoms with Crippen LogP contribution >= 0.6 is 0 Å². The molecule has 1 rings (SSSR count). The summed E-state index contributed by atoms with van der Waals surface area (Å²) in [4.78, 5) is 11.7. The smallest absolute Gasteiger partial charge is 0.140 e. The van der Waals surface area contributed by atoms with Gasteiger partial charge in [0.05, 0.1) is 0 Å². The Kier molecular flexibility index (Phi) is 5.22. The van der Waals surface area contributed by atoms with E-state index in [4.69, 9.17) is 4.74 Å². The van der Waals surface area contributed by atoms with E-state index in [-0.39, 0.29) is 23.7 Å². The molecule has 1 atom stereocenters. The quantitative estimate of drug-likeness (QED) is 0.766. The number of carbonyl (C=O) groups excluding carboxylic acids is 1. The van der Waals surface area contributed by atoms with Crippen molar-refractivity contribution in [3.05, 3.63) is 35.4 Å². The van der Waals surface area contributed by atoms with Crippen LogP contribution in [0.2, 0.25) is 0 Å². The summed E-state index contributed by atoms with van der Waals surface area (Å²) in [6.45, 7) is 2.20. The van der Waals surface area contributed by atoms with Gasteiger partial charge in [-0.05, 0) is 18.6 Å². The van der Waals surface area contributed by atoms with Crippen LogP contribution < -0.4 is 0 Å². The lowest BCUT2D eigenvalue weighted by atomic mass is 9.96. The molecule has 0 spiro atoms. The third-order valence-electron chi connectivity index (χ3n) is 2.72. The maximum atomic E-state index is 13.3. The molecule has 0 N–H and O–H groups in total. The Morgan fingerprint density at radius 2 is 1.94 bits per heavy atom. The van der Waals surface area contributed by atoms with Gasteiger partial charge in [-0.25, -0.2) is 8.78 Å². The average molecular weight is 242 g/mol. The number of Topliss-reactive ketones (excluding diaryl/α,β-unsaturated/α-hetero) is 1. The lowest BCUT2D eigenvalue weighted by Crippen LogP contribution is -2.17. The van der Waals surface area contributed by atoms with E-state index < -0.39 is 11.6 Å². The Bertz CT molecular complexity index is 371. The topological polar surface area (TPSA) is 26.3 Å². The second kappa shape index (κ2) is 6.45. The molecule has 4 heteroatoms. The van der Waals surface area contributed by atoms with E-state index in [2.05, 4.69) is 0 Å². The zero-order chi connectivity index (χ0) is 12.8. The van der Waals surface area contributed by atoms with Crippen molar-refractivity contribution in [2.24, 2.45) is 5.92 Å². The van der Waals surface area contributed by atoms with Gasteiger partial charge in [0.15, 0.2) is 0 Å². The highest BCUT2D eigenvalue weighted by Crippen LogP contribution is 2.16. The summed E-state index contributed by atoms with van der Waals surface area (Å²) in [6.07, 6.45) is 0.356. The number of hydrogen-bond acceptors (Lipinski definition) is 2. The molecule has 0 aliphatic carbocycles. The second-order valence-electron chi connectivity index (χ2n) is 4.03. The van der Waals surface area contributed by atoms with E-state index in [9.17, 15) is 13.6 Å². The van der Waals surface area contributed by atoms with Gasteiger partial charge in [0.25, 0.3) is 0 Å². The Hall–Kier alpha value is -1.29. The fourth-order valence-corrected chi connectivity index (χ4v) is 1.51. The minimum Gasteiger partial charge on any atom is -0.385 e. The normalized spacial score (nSPS) is 12.5. The lowest BCUT2D eigenvalue weighted by molar-refractivity contribution is -0.122. The number of ether oxygens (including phenoxy) is 1. The predicted molar refractivity (Wildman–Crippen MR) is 60.7 cm³/mol. The second-order valence-corrected chi connectivity index (χ2v) is 4.03. The molecule has 0 aliphatic rings. The van der Waals surface area contributed by atoms with E-state index in [1.54, 1.807) is 14.0 Å². The van der Waals surface area contributed by atoms with Crippen molar-refractivity contribution in [1.29, 1.82) is 0 Å². The van der Waals surface area contributed by atoms with Gasteiger partial charge in [-0.3, -0.25) is 4.79 Å². The van der Waals surface area contributed by atoms with Crippen LogP contribution in [0.5, 0.6) is 0 Å². The molecule has 0 bridgehead atoms. The van der Waals surface area contributed by atoms with Crippen LogP contribution in [0.1, 0.15) is 18.9 Å². The van der Waals surface area contributed by atoms with E-state index in [0.717, 1.165) is 12.1 Å². The van der Waals surface area contributed by atoms with Crippen molar-refractivity contribution in [3.8, 4) is 0 Å². The molecule has 1 aromatic rings. The number of methoxy groups -OCH3 is 1. The van der Waals surface area contributed by atoms with Gasteiger partial charge in [-0.15, -0.1) is 0 Å². The third-order valence-corrected chi connectivity index (χ3v) is 2.72. The minimum atomic E-state index is -0.669. The monoisotopic (exact) mass is 242 g/mol. The minimum absolute atomic E-state index is 0.151. The molecule has 0 amide bonds. The molecule has 0 fully saturated rings. The summed E-state index contributed by atoms with van der Waals surface area (Å²) in [5.41, 5.74) is -0.151. The molecular formula is C13H16F2O2. The lowest BCUT2D eigenvalue weighted by Gasteiger charge is -2.10. The van der Waals surface area contributed by atoms with E-state index in [1.807, 2.05) is 0 Å². The van der Waals surface area contributed by atoms with E-state index in [1.165, 1.54) is 6.07 Å². The molecule has 0 aliphatic heterocycles. The molecule has 0 aromatic heterocycles. The highest BCUT2D eigenvalue weighted by Gasteiger charge is 2.17. The van der Waals surface area contributed by atoms with Gasteiger partial charge in [0, 0.05) is 31.6 Å². The summed E-state index contributed by atoms with van der Waals surface area (Å²) in [5, 5.41) is 0. The van der Waals surface area contributed by atoms with E-state index in [0.29, 0.717) is 13.0 Å². The molecule has 0 saturated carbocycles. The zero-order valence-corrected chi connectivity index (χ0v) is 10.0. The molecule has 94 valence electrons. The Labute approximate surface area is 99.6 Å². The highest BCUT2D eigenvalue weighted by molar-refractivity contribution is 5.83. The van der Waals surface area contributed by atoms with Crippen molar-refractivity contribution in [3.63, 3.8) is 0 Å². The van der Waals surface area contributed by atoms with Crippen molar-refractivity contribution < 1.29 is 18.3 Å². The first-order valence-corrected chi connectivity index (χ1v) is 5.50. The van der Waals surface area contributed by atoms with Crippen molar-refractivity contribution in [2.75, 3.05) is 13.7 Å². The summed E-state index contributed by atoms with van der Waals surface area (Å²) in [6, 6.07) is 3.60. The van der Waals surface area contributed by atoms with Crippen LogP contribution in [-0.2, 0) is 16.0 Å². The van der Waals surface area contributed by atoms with Gasteiger partial charge in [-0.2, -0.15) is 0 Å². The first-order chi connectivity index (χ1) is 8.06. The fraction of sp³-hybridized carbons (Fsp3) is 0.462. The van der Waals surface area contributed by atoms with Crippen molar-refractivity contribution in [1.82, 2.24) is 0 Å². The Morgan fingerprint density at radius 1 is 1.35 bits per heavy atom. The molecule has 0 saturated heterocycles. The summed E-state index contributed by atoms with van der Waals surface area (Å²) >= 11 is 0. The number of rotatable bonds is 6. The standard InChI is InChI=1S/C13H16F2O2/c1-9(6-7-17-2)13(16)8-10-11(14)4-3-5-12(10)15/h3-5,9H,6-8H2,1-2H3. The third kappa shape index (κ3) is 3.89. The van der Waals surface area contributed by atoms with Gasteiger partial charge < -0.3 is 4.74 Å². The van der Waals surface area contributed by atoms with Crippen LogP contribution in [-0.4, -0.2) is 19.5 Å². The predicted octanol–water partition coefficient (Wildman–Crippen LogP) is 2.75. The van der Waals surface area contributed by atoms with Gasteiger partial charge in [0.1, 0.15) is 17.4 Å². The van der Waals surface area contributed by atoms with E-state index >= 15 is 0 Å². The fourth-order valence-electron chi connectivity index (χ4n) is 1.51. The van der Waals surface area contributed by atoms with Crippen LogP contribution in [0.4, 0.5) is 8.78 Å². The number of benzene rings is 1. The number of carbonyl (C=O) groups is 1. The molecule has 1 unspecified atom stereocenters. The number of hydrogen-bond donors (Lipinski definition) is 0. The first kappa shape index (κ1) is 13.8. The Balaban J connectivity index is 2.68. The SMILES string of the molecule is COCCC(C)C(=O)Cc1c(F)cccc1F. The highest BCUT2D eigenvalue weighted by atomic mass is 19.1. The van der Waals surface area contributed by atoms with Gasteiger partial charge >= 0.3 is 0 Å². The van der Waals surface area contributed by atoms with Crippen LogP contribution in [0.15, 0.2) is 18.2 Å². The molecule has 2 nitrogen and oxygen atoms in total. The maximum absolute atomic E-state index is 13.3. The number of ketones is 1. The average Bonchev–Trinajstić information content (AvgIpc) is 2.30. The largest absolute Gasteiger partial charge is 0.385 e. The van der Waals surface area contributed by atoms with Crippen LogP contribution in [0, 0.1) is 17.6 Å². The summed E-state index contributed by atoms with van der Waals surface area (Å²) in [7, 11) is 1.55. The Morgan fingerprint density at radius 3 is 2.47 bits per heavy atom. The van der Waals surface area contributed by atoms with Crippen molar-refractivity contribution in [2.45, 2.75) is 19.8 Å². The van der Waals surface area contributed by atoms with Crippen molar-refractivity contribution >= 4 is 5.78 Å². The molecule has 1 aromatic carbocycles. The maximum Gasteiger partial charge on any atom is 0.140 e. The van der Waals surface area contributed by atoms with Gasteiger partial charge in [-0.1, -0.05) is 13.0 Å². The first-order valence-electron chi connectivity index (χ1n) is 5.50. The van der Waals surface area contributed by atoms with Crippen LogP contribution in [0.3, 0.4) is 0 Å². The van der Waals surface area contributed by atoms with Gasteiger partial charge in [0.2, 0.25) is 0 Å². The molecule has 17 heavy (non-hydrogen) atoms. The molecule has 0 heterocycles. The van der Waals surface area contributed by atoms with Crippen LogP contribution in [0.25, 0.3) is 0 Å². The molecular weight excluding hydrogens is 226 g/mol.